The highest BCUT2D eigenvalue weighted by Crippen LogP contribution is 2.43. The maximum absolute atomic E-state index is 13.2. The zero-order valence-electron chi connectivity index (χ0n) is 17.9. The second-order valence-electron chi connectivity index (χ2n) is 7.27. The first-order chi connectivity index (χ1) is 15.7. The maximum atomic E-state index is 13.2. The normalized spacial score (nSPS) is 10.8. The van der Waals surface area contributed by atoms with Crippen molar-refractivity contribution in [1.82, 2.24) is 10.1 Å². The molecule has 2 aromatic heterocycles. The number of rotatable bonds is 7. The summed E-state index contributed by atoms with van der Waals surface area (Å²) >= 11 is 0. The van der Waals surface area contributed by atoms with Crippen LogP contribution >= 0.6 is 0 Å². The number of hydrogen-bond acceptors (Lipinski definition) is 6. The standard InChI is InChI=1S/C25H25N5O2/c1-2-22(31)30(21-9-4-3-7-20(21)16-27)25-23(18-10-12-28-13-11-18)24(29-32-25)19-8-5-6-17(14-19)15-26/h3-14H,2,15-16,26-27H2,1H3. The molecule has 4 N–H and O–H groups in total. The summed E-state index contributed by atoms with van der Waals surface area (Å²) in [7, 11) is 0. The zero-order valence-corrected chi connectivity index (χ0v) is 17.9. The van der Waals surface area contributed by atoms with Crippen LogP contribution in [0.4, 0.5) is 11.6 Å². The van der Waals surface area contributed by atoms with Crippen LogP contribution in [0.15, 0.2) is 77.6 Å². The summed E-state index contributed by atoms with van der Waals surface area (Å²) in [6.07, 6.45) is 3.69. The van der Waals surface area contributed by atoms with E-state index in [4.69, 9.17) is 16.0 Å². The summed E-state index contributed by atoms with van der Waals surface area (Å²) in [5.74, 6) is 0.219. The van der Waals surface area contributed by atoms with Crippen LogP contribution in [-0.4, -0.2) is 16.0 Å². The molecule has 0 atom stereocenters. The first kappa shape index (κ1) is 21.4. The van der Waals surface area contributed by atoms with Crippen molar-refractivity contribution in [2.75, 3.05) is 4.90 Å². The van der Waals surface area contributed by atoms with E-state index >= 15 is 0 Å². The van der Waals surface area contributed by atoms with Gasteiger partial charge in [-0.3, -0.25) is 9.78 Å². The van der Waals surface area contributed by atoms with Crippen molar-refractivity contribution in [3.8, 4) is 22.4 Å². The minimum Gasteiger partial charge on any atom is -0.337 e. The molecule has 0 unspecified atom stereocenters. The summed E-state index contributed by atoms with van der Waals surface area (Å²) in [5.41, 5.74) is 17.3. The second kappa shape index (κ2) is 9.55. The van der Waals surface area contributed by atoms with Gasteiger partial charge in [-0.05, 0) is 41.0 Å². The highest BCUT2D eigenvalue weighted by Gasteiger charge is 2.29. The number of para-hydroxylation sites is 1. The molecule has 7 heteroatoms. The fourth-order valence-corrected chi connectivity index (χ4v) is 3.67. The first-order valence-electron chi connectivity index (χ1n) is 10.5. The van der Waals surface area contributed by atoms with E-state index in [1.165, 1.54) is 0 Å². The lowest BCUT2D eigenvalue weighted by Gasteiger charge is -2.23. The van der Waals surface area contributed by atoms with Gasteiger partial charge in [-0.1, -0.05) is 48.5 Å². The van der Waals surface area contributed by atoms with Crippen LogP contribution in [0, 0.1) is 0 Å². The number of nitrogens with zero attached hydrogens (tertiary/aromatic N) is 3. The molecule has 4 rings (SSSR count). The average molecular weight is 428 g/mol. The zero-order chi connectivity index (χ0) is 22.5. The molecule has 2 aromatic carbocycles. The Labute approximate surface area is 186 Å². The summed E-state index contributed by atoms with van der Waals surface area (Å²) in [6.45, 7) is 2.51. The number of nitrogens with two attached hydrogens (primary N) is 2. The largest absolute Gasteiger partial charge is 0.337 e. The SMILES string of the molecule is CCC(=O)N(c1ccccc1CN)c1onc(-c2cccc(CN)c2)c1-c1ccncc1. The monoisotopic (exact) mass is 427 g/mol. The highest BCUT2D eigenvalue weighted by molar-refractivity contribution is 6.04. The van der Waals surface area contributed by atoms with Crippen molar-refractivity contribution in [1.29, 1.82) is 0 Å². The van der Waals surface area contributed by atoms with E-state index in [0.717, 1.165) is 22.3 Å². The predicted molar refractivity (Wildman–Crippen MR) is 125 cm³/mol. The van der Waals surface area contributed by atoms with Crippen molar-refractivity contribution >= 4 is 17.5 Å². The molecule has 1 amide bonds. The Morgan fingerprint density at radius 2 is 1.75 bits per heavy atom. The topological polar surface area (TPSA) is 111 Å². The lowest BCUT2D eigenvalue weighted by atomic mass is 9.99. The molecule has 0 saturated carbocycles. The van der Waals surface area contributed by atoms with Crippen LogP contribution < -0.4 is 16.4 Å². The van der Waals surface area contributed by atoms with Crippen LogP contribution in [-0.2, 0) is 17.9 Å². The molecule has 32 heavy (non-hydrogen) atoms. The minimum atomic E-state index is -0.125. The summed E-state index contributed by atoms with van der Waals surface area (Å²) in [5, 5.41) is 4.40. The predicted octanol–water partition coefficient (Wildman–Crippen LogP) is 4.40. The number of benzene rings is 2. The number of pyridine rings is 1. The van der Waals surface area contributed by atoms with Crippen LogP contribution in [0.1, 0.15) is 24.5 Å². The molecular formula is C25H25N5O2. The molecule has 0 radical (unpaired) electrons. The fourth-order valence-electron chi connectivity index (χ4n) is 3.67. The van der Waals surface area contributed by atoms with Crippen LogP contribution in [0.25, 0.3) is 22.4 Å². The summed E-state index contributed by atoms with van der Waals surface area (Å²) in [6, 6.07) is 19.1. The van der Waals surface area contributed by atoms with E-state index < -0.39 is 0 Å². The van der Waals surface area contributed by atoms with Crippen molar-refractivity contribution in [3.63, 3.8) is 0 Å². The van der Waals surface area contributed by atoms with Gasteiger partial charge in [0, 0.05) is 37.5 Å². The van der Waals surface area contributed by atoms with E-state index in [-0.39, 0.29) is 18.9 Å². The van der Waals surface area contributed by atoms with Gasteiger partial charge in [0.05, 0.1) is 11.3 Å². The van der Waals surface area contributed by atoms with Crippen LogP contribution in [0.3, 0.4) is 0 Å². The Bertz CT molecular complexity index is 1220. The first-order valence-corrected chi connectivity index (χ1v) is 10.5. The summed E-state index contributed by atoms with van der Waals surface area (Å²) < 4.78 is 5.88. The third kappa shape index (κ3) is 4.03. The number of hydrogen-bond donors (Lipinski definition) is 2. The number of carbonyl (C=O) groups excluding carboxylic acids is 1. The van der Waals surface area contributed by atoms with Crippen molar-refractivity contribution in [2.24, 2.45) is 11.5 Å². The van der Waals surface area contributed by atoms with Gasteiger partial charge < -0.3 is 16.0 Å². The van der Waals surface area contributed by atoms with Gasteiger partial charge in [-0.25, -0.2) is 4.90 Å². The minimum absolute atomic E-state index is 0.125. The molecule has 2 heterocycles. The van der Waals surface area contributed by atoms with Gasteiger partial charge in [0.2, 0.25) is 11.8 Å². The second-order valence-corrected chi connectivity index (χ2v) is 7.27. The lowest BCUT2D eigenvalue weighted by Crippen LogP contribution is -2.26. The van der Waals surface area contributed by atoms with Gasteiger partial charge in [-0.15, -0.1) is 0 Å². The van der Waals surface area contributed by atoms with Crippen molar-refractivity contribution < 1.29 is 9.32 Å². The fraction of sp³-hybridized carbons (Fsp3) is 0.160. The number of aromatic nitrogens is 2. The number of anilines is 2. The van der Waals surface area contributed by atoms with Gasteiger partial charge in [0.1, 0.15) is 5.69 Å². The highest BCUT2D eigenvalue weighted by atomic mass is 16.5. The van der Waals surface area contributed by atoms with Crippen LogP contribution in [0.2, 0.25) is 0 Å². The Morgan fingerprint density at radius 1 is 0.969 bits per heavy atom. The van der Waals surface area contributed by atoms with Crippen molar-refractivity contribution in [3.05, 3.63) is 84.2 Å². The Morgan fingerprint density at radius 3 is 2.47 bits per heavy atom. The molecular weight excluding hydrogens is 402 g/mol. The molecule has 0 spiro atoms. The van der Waals surface area contributed by atoms with E-state index in [1.807, 2.05) is 67.6 Å². The molecule has 7 nitrogen and oxygen atoms in total. The van der Waals surface area contributed by atoms with E-state index in [1.54, 1.807) is 17.3 Å². The average Bonchev–Trinajstić information content (AvgIpc) is 3.29. The number of amides is 1. The van der Waals surface area contributed by atoms with Crippen molar-refractivity contribution in [2.45, 2.75) is 26.4 Å². The maximum Gasteiger partial charge on any atom is 0.247 e. The molecule has 4 aromatic rings. The Kier molecular flexibility index (Phi) is 6.39. The van der Waals surface area contributed by atoms with Gasteiger partial charge in [0.15, 0.2) is 0 Å². The van der Waals surface area contributed by atoms with Gasteiger partial charge in [-0.2, -0.15) is 0 Å². The van der Waals surface area contributed by atoms with E-state index in [2.05, 4.69) is 10.1 Å². The summed E-state index contributed by atoms with van der Waals surface area (Å²) in [4.78, 5) is 18.9. The molecule has 0 fully saturated rings. The Balaban J connectivity index is 1.98. The molecule has 162 valence electrons. The molecule has 0 saturated heterocycles. The Hall–Kier alpha value is -3.81. The van der Waals surface area contributed by atoms with Gasteiger partial charge in [0.25, 0.3) is 0 Å². The van der Waals surface area contributed by atoms with E-state index in [9.17, 15) is 4.79 Å². The quantitative estimate of drug-likeness (QED) is 0.452. The third-order valence-electron chi connectivity index (χ3n) is 5.29. The lowest BCUT2D eigenvalue weighted by molar-refractivity contribution is -0.117. The number of carbonyl (C=O) groups is 1. The molecule has 0 aliphatic rings. The molecule has 0 bridgehead atoms. The van der Waals surface area contributed by atoms with Crippen LogP contribution in [0.5, 0.6) is 0 Å². The molecule has 0 aliphatic carbocycles. The smallest absolute Gasteiger partial charge is 0.247 e. The van der Waals surface area contributed by atoms with Gasteiger partial charge >= 0.3 is 0 Å². The molecule has 0 aliphatic heterocycles. The third-order valence-corrected chi connectivity index (χ3v) is 5.29. The van der Waals surface area contributed by atoms with E-state index in [0.29, 0.717) is 29.4 Å².